The van der Waals surface area contributed by atoms with Gasteiger partial charge < -0.3 is 9.67 Å². The number of hydrogen-bond donors (Lipinski definition) is 2. The molecule has 2 rings (SSSR count). The number of rotatable bonds is 2. The Morgan fingerprint density at radius 3 is 2.76 bits per heavy atom. The number of fused-ring (bicyclic) bond motifs is 1. The molecular weight excluding hydrogens is 228 g/mol. The molecule has 0 aliphatic carbocycles. The summed E-state index contributed by atoms with van der Waals surface area (Å²) < 4.78 is 2.37. The van der Waals surface area contributed by atoms with Crippen molar-refractivity contribution in [1.29, 1.82) is 0 Å². The first-order chi connectivity index (χ1) is 7.93. The molecule has 0 spiro atoms. The van der Waals surface area contributed by atoms with Crippen LogP contribution in [0.5, 0.6) is 0 Å². The van der Waals surface area contributed by atoms with E-state index in [2.05, 4.69) is 9.97 Å². The van der Waals surface area contributed by atoms with Gasteiger partial charge in [0.05, 0.1) is 6.33 Å². The molecule has 0 fully saturated rings. The smallest absolute Gasteiger partial charge is 0.329 e. The number of nitrogens with zero attached hydrogens (tertiary/aromatic N) is 3. The number of carboxylic acid groups (broad SMARTS) is 1. The fraction of sp³-hybridized carbons (Fsp3) is 0.333. The standard InChI is InChI=1S/C9H10N4O4/c1-4(8(15)16)13-3-10-6-5(13)7(14)11-9(17)12(6)2/h3-4H,1-2H3,(H,15,16)(H,11,14,17)/t4-/m1/s1. The Balaban J connectivity index is 2.87. The van der Waals surface area contributed by atoms with E-state index < -0.39 is 23.3 Å². The Morgan fingerprint density at radius 2 is 2.18 bits per heavy atom. The maximum Gasteiger partial charge on any atom is 0.329 e. The molecule has 0 saturated carbocycles. The first kappa shape index (κ1) is 11.1. The van der Waals surface area contributed by atoms with Crippen LogP contribution in [0.25, 0.3) is 11.2 Å². The van der Waals surface area contributed by atoms with Gasteiger partial charge in [0.1, 0.15) is 6.04 Å². The van der Waals surface area contributed by atoms with Crippen LogP contribution in [0.3, 0.4) is 0 Å². The molecule has 2 N–H and O–H groups in total. The van der Waals surface area contributed by atoms with Gasteiger partial charge in [0.2, 0.25) is 0 Å². The van der Waals surface area contributed by atoms with E-state index in [1.165, 1.54) is 24.9 Å². The largest absolute Gasteiger partial charge is 0.480 e. The molecule has 90 valence electrons. The maximum atomic E-state index is 11.6. The van der Waals surface area contributed by atoms with Crippen molar-refractivity contribution < 1.29 is 9.90 Å². The molecule has 2 aromatic heterocycles. The summed E-state index contributed by atoms with van der Waals surface area (Å²) >= 11 is 0. The third-order valence-electron chi connectivity index (χ3n) is 2.61. The van der Waals surface area contributed by atoms with E-state index in [4.69, 9.17) is 5.11 Å². The number of carboxylic acids is 1. The van der Waals surface area contributed by atoms with Crippen molar-refractivity contribution in [2.24, 2.45) is 7.05 Å². The second kappa shape index (κ2) is 3.58. The van der Waals surface area contributed by atoms with Gasteiger partial charge in [0, 0.05) is 7.05 Å². The van der Waals surface area contributed by atoms with Crippen molar-refractivity contribution in [3.63, 3.8) is 0 Å². The van der Waals surface area contributed by atoms with E-state index in [0.29, 0.717) is 0 Å². The molecule has 1 atom stereocenters. The van der Waals surface area contributed by atoms with E-state index in [1.807, 2.05) is 0 Å². The summed E-state index contributed by atoms with van der Waals surface area (Å²) in [7, 11) is 1.45. The highest BCUT2D eigenvalue weighted by Crippen LogP contribution is 2.12. The molecule has 0 amide bonds. The number of H-pyrrole nitrogens is 1. The minimum absolute atomic E-state index is 0.0713. The number of nitrogens with one attached hydrogen (secondary N) is 1. The number of imidazole rings is 1. The summed E-state index contributed by atoms with van der Waals surface area (Å²) in [6, 6.07) is -0.932. The first-order valence-corrected chi connectivity index (χ1v) is 4.82. The third kappa shape index (κ3) is 1.53. The van der Waals surface area contributed by atoms with Gasteiger partial charge in [-0.2, -0.15) is 0 Å². The predicted octanol–water partition coefficient (Wildman–Crippen LogP) is -0.931. The summed E-state index contributed by atoms with van der Waals surface area (Å²) in [4.78, 5) is 39.8. The number of aromatic amines is 1. The van der Waals surface area contributed by atoms with Gasteiger partial charge in [-0.3, -0.25) is 14.3 Å². The highest BCUT2D eigenvalue weighted by atomic mass is 16.4. The van der Waals surface area contributed by atoms with Gasteiger partial charge in [-0.1, -0.05) is 0 Å². The summed E-state index contributed by atoms with van der Waals surface area (Å²) in [5.74, 6) is -1.09. The average molecular weight is 238 g/mol. The van der Waals surface area contributed by atoms with Crippen LogP contribution >= 0.6 is 0 Å². The second-order valence-corrected chi connectivity index (χ2v) is 3.66. The van der Waals surface area contributed by atoms with E-state index >= 15 is 0 Å². The molecule has 8 heteroatoms. The Kier molecular flexibility index (Phi) is 2.34. The first-order valence-electron chi connectivity index (χ1n) is 4.82. The average Bonchev–Trinajstić information content (AvgIpc) is 2.69. The van der Waals surface area contributed by atoms with Crippen molar-refractivity contribution in [2.45, 2.75) is 13.0 Å². The van der Waals surface area contributed by atoms with E-state index in [0.717, 1.165) is 4.57 Å². The van der Waals surface area contributed by atoms with Crippen molar-refractivity contribution in [1.82, 2.24) is 19.1 Å². The molecule has 0 radical (unpaired) electrons. The third-order valence-corrected chi connectivity index (χ3v) is 2.61. The van der Waals surface area contributed by atoms with Crippen LogP contribution in [0, 0.1) is 0 Å². The van der Waals surface area contributed by atoms with Gasteiger partial charge in [-0.25, -0.2) is 14.6 Å². The normalized spacial score (nSPS) is 12.8. The molecule has 0 unspecified atom stereocenters. The maximum absolute atomic E-state index is 11.6. The Hall–Kier alpha value is -2.38. The predicted molar refractivity (Wildman–Crippen MR) is 57.9 cm³/mol. The molecular formula is C9H10N4O4. The summed E-state index contributed by atoms with van der Waals surface area (Å²) in [5, 5.41) is 8.90. The van der Waals surface area contributed by atoms with Crippen LogP contribution in [-0.2, 0) is 11.8 Å². The lowest BCUT2D eigenvalue weighted by Crippen LogP contribution is -2.30. The van der Waals surface area contributed by atoms with Gasteiger partial charge >= 0.3 is 11.7 Å². The van der Waals surface area contributed by atoms with E-state index in [9.17, 15) is 14.4 Å². The van der Waals surface area contributed by atoms with Gasteiger partial charge in [0.15, 0.2) is 11.2 Å². The summed E-state index contributed by atoms with van der Waals surface area (Å²) in [5.41, 5.74) is -1.00. The molecule has 17 heavy (non-hydrogen) atoms. The molecule has 8 nitrogen and oxygen atoms in total. The number of hydrogen-bond acceptors (Lipinski definition) is 4. The molecule has 0 bridgehead atoms. The fourth-order valence-electron chi connectivity index (χ4n) is 1.56. The van der Waals surface area contributed by atoms with Crippen molar-refractivity contribution in [2.75, 3.05) is 0 Å². The van der Waals surface area contributed by atoms with Crippen LogP contribution in [0.1, 0.15) is 13.0 Å². The van der Waals surface area contributed by atoms with E-state index in [-0.39, 0.29) is 11.2 Å². The van der Waals surface area contributed by atoms with Crippen molar-refractivity contribution in [3.05, 3.63) is 27.2 Å². The van der Waals surface area contributed by atoms with Crippen LogP contribution in [0.15, 0.2) is 15.9 Å². The minimum Gasteiger partial charge on any atom is -0.480 e. The van der Waals surface area contributed by atoms with Gasteiger partial charge in [-0.05, 0) is 6.92 Å². The Morgan fingerprint density at radius 1 is 1.53 bits per heavy atom. The molecule has 0 aliphatic heterocycles. The van der Waals surface area contributed by atoms with Crippen LogP contribution < -0.4 is 11.2 Å². The highest BCUT2D eigenvalue weighted by molar-refractivity contribution is 5.76. The number of aryl methyl sites for hydroxylation is 1. The lowest BCUT2D eigenvalue weighted by atomic mass is 10.3. The van der Waals surface area contributed by atoms with E-state index in [1.54, 1.807) is 0 Å². The zero-order valence-corrected chi connectivity index (χ0v) is 9.17. The molecule has 2 aromatic rings. The molecule has 0 saturated heterocycles. The van der Waals surface area contributed by atoms with Gasteiger partial charge in [0.25, 0.3) is 5.56 Å². The van der Waals surface area contributed by atoms with Crippen LogP contribution in [0.4, 0.5) is 0 Å². The Labute approximate surface area is 94.1 Å². The number of carbonyl (C=O) groups is 1. The van der Waals surface area contributed by atoms with Crippen molar-refractivity contribution in [3.8, 4) is 0 Å². The fourth-order valence-corrected chi connectivity index (χ4v) is 1.56. The van der Waals surface area contributed by atoms with Crippen molar-refractivity contribution >= 4 is 17.1 Å². The SMILES string of the molecule is C[C@H](C(=O)O)n1cnc2c1c(=O)[nH]c(=O)n2C. The second-order valence-electron chi connectivity index (χ2n) is 3.66. The number of aliphatic carboxylic acids is 1. The minimum atomic E-state index is -1.09. The Bertz CT molecular complexity index is 708. The molecule has 0 aromatic carbocycles. The molecule has 0 aliphatic rings. The quantitative estimate of drug-likeness (QED) is 0.702. The highest BCUT2D eigenvalue weighted by Gasteiger charge is 2.19. The number of aromatic nitrogens is 4. The summed E-state index contributed by atoms with van der Waals surface area (Å²) in [6.45, 7) is 1.42. The van der Waals surface area contributed by atoms with Crippen LogP contribution in [0.2, 0.25) is 0 Å². The van der Waals surface area contributed by atoms with Gasteiger partial charge in [-0.15, -0.1) is 0 Å². The molecule has 2 heterocycles. The zero-order chi connectivity index (χ0) is 12.7. The lowest BCUT2D eigenvalue weighted by molar-refractivity contribution is -0.140. The summed E-state index contributed by atoms with van der Waals surface area (Å²) in [6.07, 6.45) is 1.23. The monoisotopic (exact) mass is 238 g/mol. The zero-order valence-electron chi connectivity index (χ0n) is 9.17. The lowest BCUT2D eigenvalue weighted by Gasteiger charge is -2.08. The topological polar surface area (TPSA) is 110 Å². The van der Waals surface area contributed by atoms with Crippen LogP contribution in [-0.4, -0.2) is 30.2 Å².